The van der Waals surface area contributed by atoms with Crippen LogP contribution in [0.1, 0.15) is 31.1 Å². The second-order valence-corrected chi connectivity index (χ2v) is 7.15. The number of anilines is 1. The molecule has 5 heteroatoms. The molecule has 1 aliphatic rings. The van der Waals surface area contributed by atoms with Crippen LogP contribution in [0.2, 0.25) is 0 Å². The van der Waals surface area contributed by atoms with E-state index in [-0.39, 0.29) is 5.78 Å². The minimum absolute atomic E-state index is 0.0726. The Hall–Kier alpha value is -0.910. The summed E-state index contributed by atoms with van der Waals surface area (Å²) >= 11 is 3.47. The van der Waals surface area contributed by atoms with Crippen LogP contribution in [0.4, 0.5) is 5.69 Å². The molecule has 1 fully saturated rings. The molecule has 4 nitrogen and oxygen atoms in total. The van der Waals surface area contributed by atoms with Crippen molar-refractivity contribution in [3.8, 4) is 0 Å². The fraction of sp³-hybridized carbons (Fsp3) is 0.562. The molecule has 0 radical (unpaired) electrons. The minimum Gasteiger partial charge on any atom is -0.389 e. The molecule has 1 saturated heterocycles. The molecule has 21 heavy (non-hydrogen) atoms. The third kappa shape index (κ3) is 4.53. The van der Waals surface area contributed by atoms with E-state index in [9.17, 15) is 9.90 Å². The zero-order valence-corrected chi connectivity index (χ0v) is 14.5. The highest BCUT2D eigenvalue weighted by molar-refractivity contribution is 9.10. The summed E-state index contributed by atoms with van der Waals surface area (Å²) in [6.07, 6.45) is 0. The molecular weight excluding hydrogens is 332 g/mol. The predicted octanol–water partition coefficient (Wildman–Crippen LogP) is 2.54. The van der Waals surface area contributed by atoms with Gasteiger partial charge in [0.05, 0.1) is 5.60 Å². The molecule has 1 heterocycles. The lowest BCUT2D eigenvalue weighted by Crippen LogP contribution is -2.50. The van der Waals surface area contributed by atoms with Crippen molar-refractivity contribution in [2.75, 3.05) is 37.6 Å². The lowest BCUT2D eigenvalue weighted by molar-refractivity contribution is 0.0345. The molecule has 0 amide bonds. The highest BCUT2D eigenvalue weighted by Crippen LogP contribution is 2.25. The highest BCUT2D eigenvalue weighted by atomic mass is 79.9. The van der Waals surface area contributed by atoms with Crippen molar-refractivity contribution in [3.63, 3.8) is 0 Å². The Bertz CT molecular complexity index is 517. The second-order valence-electron chi connectivity index (χ2n) is 6.30. The van der Waals surface area contributed by atoms with E-state index >= 15 is 0 Å². The van der Waals surface area contributed by atoms with Gasteiger partial charge >= 0.3 is 0 Å². The molecule has 1 aromatic rings. The third-order valence-corrected chi connectivity index (χ3v) is 4.34. The summed E-state index contributed by atoms with van der Waals surface area (Å²) in [5, 5.41) is 9.88. The summed E-state index contributed by atoms with van der Waals surface area (Å²) < 4.78 is 0.853. The van der Waals surface area contributed by atoms with Crippen LogP contribution in [0.15, 0.2) is 22.7 Å². The number of benzene rings is 1. The minimum atomic E-state index is -0.645. The molecule has 0 bridgehead atoms. The summed E-state index contributed by atoms with van der Waals surface area (Å²) in [4.78, 5) is 16.1. The Morgan fingerprint density at radius 1 is 1.29 bits per heavy atom. The average Bonchev–Trinajstić information content (AvgIpc) is 2.37. The third-order valence-electron chi connectivity index (χ3n) is 3.68. The number of carbonyl (C=O) groups excluding carboxylic acids is 1. The largest absolute Gasteiger partial charge is 0.389 e. The molecule has 0 aromatic heterocycles. The maximum Gasteiger partial charge on any atom is 0.160 e. The molecule has 0 saturated carbocycles. The Labute approximate surface area is 134 Å². The number of aliphatic hydroxyl groups is 1. The zero-order valence-electron chi connectivity index (χ0n) is 12.9. The summed E-state index contributed by atoms with van der Waals surface area (Å²) in [6, 6.07) is 5.90. The molecule has 1 aromatic carbocycles. The van der Waals surface area contributed by atoms with E-state index in [0.717, 1.165) is 41.9 Å². The SMILES string of the molecule is CC(=O)c1ccc(N2CCN(CC(C)(C)O)CC2)cc1Br. The monoisotopic (exact) mass is 354 g/mol. The topological polar surface area (TPSA) is 43.8 Å². The number of rotatable bonds is 4. The number of Topliss-reactive ketones (excluding diaryl/α,β-unsaturated/α-hetero) is 1. The van der Waals surface area contributed by atoms with Gasteiger partial charge in [0.15, 0.2) is 5.78 Å². The van der Waals surface area contributed by atoms with E-state index in [4.69, 9.17) is 0 Å². The van der Waals surface area contributed by atoms with Gasteiger partial charge in [0.2, 0.25) is 0 Å². The van der Waals surface area contributed by atoms with Crippen molar-refractivity contribution < 1.29 is 9.90 Å². The molecule has 0 atom stereocenters. The molecule has 1 aliphatic heterocycles. The van der Waals surface area contributed by atoms with Crippen molar-refractivity contribution in [2.45, 2.75) is 26.4 Å². The van der Waals surface area contributed by atoms with Crippen LogP contribution in [-0.4, -0.2) is 54.1 Å². The van der Waals surface area contributed by atoms with Crippen LogP contribution < -0.4 is 4.90 Å². The zero-order chi connectivity index (χ0) is 15.6. The lowest BCUT2D eigenvalue weighted by atomic mass is 10.1. The van der Waals surface area contributed by atoms with E-state index in [2.05, 4.69) is 25.7 Å². The Balaban J connectivity index is 1.99. The van der Waals surface area contributed by atoms with Gasteiger partial charge in [-0.25, -0.2) is 0 Å². The number of β-amino-alcohol motifs (C(OH)–C–C–N with tert-alkyl or cyclic N) is 1. The van der Waals surface area contributed by atoms with Gasteiger partial charge in [-0.2, -0.15) is 0 Å². The van der Waals surface area contributed by atoms with Gasteiger partial charge < -0.3 is 10.0 Å². The van der Waals surface area contributed by atoms with Crippen LogP contribution in [0.25, 0.3) is 0 Å². The van der Waals surface area contributed by atoms with Gasteiger partial charge in [0, 0.05) is 48.4 Å². The summed E-state index contributed by atoms with van der Waals surface area (Å²) in [6.45, 7) is 9.72. The van der Waals surface area contributed by atoms with Crippen LogP contribution in [0.5, 0.6) is 0 Å². The number of hydrogen-bond donors (Lipinski definition) is 1. The first-order valence-corrected chi connectivity index (χ1v) is 8.06. The van der Waals surface area contributed by atoms with E-state index < -0.39 is 5.60 Å². The first-order valence-electron chi connectivity index (χ1n) is 7.26. The average molecular weight is 355 g/mol. The Morgan fingerprint density at radius 2 is 1.90 bits per heavy atom. The van der Waals surface area contributed by atoms with Gasteiger partial charge in [0.1, 0.15) is 0 Å². The highest BCUT2D eigenvalue weighted by Gasteiger charge is 2.23. The number of ketones is 1. The normalized spacial score (nSPS) is 17.1. The van der Waals surface area contributed by atoms with Gasteiger partial charge in [-0.3, -0.25) is 9.69 Å². The summed E-state index contributed by atoms with van der Waals surface area (Å²) in [5.41, 5.74) is 1.21. The molecule has 116 valence electrons. The molecule has 0 aliphatic carbocycles. The van der Waals surface area contributed by atoms with E-state index in [1.807, 2.05) is 32.0 Å². The fourth-order valence-electron chi connectivity index (χ4n) is 2.70. The Kier molecular flexibility index (Phi) is 5.07. The van der Waals surface area contributed by atoms with E-state index in [1.54, 1.807) is 6.92 Å². The number of hydrogen-bond acceptors (Lipinski definition) is 4. The second kappa shape index (κ2) is 6.46. The van der Waals surface area contributed by atoms with Crippen molar-refractivity contribution in [2.24, 2.45) is 0 Å². The van der Waals surface area contributed by atoms with Crippen LogP contribution >= 0.6 is 15.9 Å². The number of halogens is 1. The standard InChI is InChI=1S/C16H23BrN2O2/c1-12(20)14-5-4-13(10-15(14)17)19-8-6-18(7-9-19)11-16(2,3)21/h4-5,10,21H,6-9,11H2,1-3H3. The molecular formula is C16H23BrN2O2. The maximum absolute atomic E-state index is 11.5. The van der Waals surface area contributed by atoms with Gasteiger partial charge in [-0.05, 0) is 54.9 Å². The quantitative estimate of drug-likeness (QED) is 0.843. The van der Waals surface area contributed by atoms with Gasteiger partial charge in [-0.15, -0.1) is 0 Å². The number of carbonyl (C=O) groups is 1. The van der Waals surface area contributed by atoms with E-state index in [1.165, 1.54) is 0 Å². The predicted molar refractivity (Wildman–Crippen MR) is 89.1 cm³/mol. The first-order chi connectivity index (χ1) is 9.76. The summed E-state index contributed by atoms with van der Waals surface area (Å²) in [5.74, 6) is 0.0726. The van der Waals surface area contributed by atoms with Crippen molar-refractivity contribution >= 4 is 27.4 Å². The number of piperazine rings is 1. The van der Waals surface area contributed by atoms with Crippen molar-refractivity contribution in [3.05, 3.63) is 28.2 Å². The molecule has 2 rings (SSSR count). The first kappa shape index (κ1) is 16.5. The summed E-state index contributed by atoms with van der Waals surface area (Å²) in [7, 11) is 0. The van der Waals surface area contributed by atoms with Crippen molar-refractivity contribution in [1.82, 2.24) is 4.90 Å². The maximum atomic E-state index is 11.5. The van der Waals surface area contributed by atoms with Crippen molar-refractivity contribution in [1.29, 1.82) is 0 Å². The van der Waals surface area contributed by atoms with Gasteiger partial charge in [-0.1, -0.05) is 0 Å². The van der Waals surface area contributed by atoms with Crippen LogP contribution in [0.3, 0.4) is 0 Å². The number of nitrogens with zero attached hydrogens (tertiary/aromatic N) is 2. The smallest absolute Gasteiger partial charge is 0.160 e. The molecule has 1 N–H and O–H groups in total. The van der Waals surface area contributed by atoms with Gasteiger partial charge in [0.25, 0.3) is 0 Å². The fourth-order valence-corrected chi connectivity index (χ4v) is 3.34. The van der Waals surface area contributed by atoms with E-state index in [0.29, 0.717) is 6.54 Å². The van der Waals surface area contributed by atoms with Crippen LogP contribution in [0, 0.1) is 0 Å². The Morgan fingerprint density at radius 3 is 2.38 bits per heavy atom. The van der Waals surface area contributed by atoms with Crippen LogP contribution in [-0.2, 0) is 0 Å². The molecule has 0 spiro atoms. The lowest BCUT2D eigenvalue weighted by Gasteiger charge is -2.38. The molecule has 0 unspecified atom stereocenters.